The van der Waals surface area contributed by atoms with Crippen molar-refractivity contribution in [1.82, 2.24) is 0 Å². The van der Waals surface area contributed by atoms with Crippen LogP contribution in [0, 0.1) is 0 Å². The minimum absolute atomic E-state index is 0. The van der Waals surface area contributed by atoms with Gasteiger partial charge in [0.1, 0.15) is 0 Å². The first-order valence-corrected chi connectivity index (χ1v) is 3.62. The summed E-state index contributed by atoms with van der Waals surface area (Å²) in [7, 11) is -4.32. The Hall–Kier alpha value is 0.427. The van der Waals surface area contributed by atoms with Gasteiger partial charge in [0.2, 0.25) is 0 Å². The Morgan fingerprint density at radius 1 is 1.50 bits per heavy atom. The van der Waals surface area contributed by atoms with Gasteiger partial charge in [0, 0.05) is 6.61 Å². The van der Waals surface area contributed by atoms with Gasteiger partial charge in [0.05, 0.1) is 0 Å². The van der Waals surface area contributed by atoms with Gasteiger partial charge in [0.25, 0.3) is 0 Å². The van der Waals surface area contributed by atoms with E-state index in [1.807, 2.05) is 0 Å². The van der Waals surface area contributed by atoms with Crippen LogP contribution in [-0.4, -0.2) is 45.2 Å². The molecule has 0 spiro atoms. The monoisotopic (exact) mass is 164 g/mol. The van der Waals surface area contributed by atoms with Gasteiger partial charge in [-0.1, -0.05) is 0 Å². The Labute approximate surface area is 71.8 Å². The maximum atomic E-state index is 9.76. The Morgan fingerprint density at radius 3 is 2.30 bits per heavy atom. The molecule has 0 aliphatic heterocycles. The van der Waals surface area contributed by atoms with E-state index in [4.69, 9.17) is 4.55 Å². The zero-order chi connectivity index (χ0) is 7.33. The second-order valence-electron chi connectivity index (χ2n) is 1.16. The first kappa shape index (κ1) is 13.0. The van der Waals surface area contributed by atoms with Crippen LogP contribution in [0.25, 0.3) is 0 Å². The third kappa shape index (κ3) is 11.3. The molecule has 1 N–H and O–H groups in total. The van der Waals surface area contributed by atoms with E-state index in [1.165, 1.54) is 0 Å². The first-order chi connectivity index (χ1) is 4.06. The Bertz CT molecular complexity index is 152. The van der Waals surface area contributed by atoms with E-state index < -0.39 is 17.2 Å². The number of rotatable bonds is 4. The summed E-state index contributed by atoms with van der Waals surface area (Å²) in [6.45, 7) is 1.58. The molecule has 0 bridgehead atoms. The quantitative estimate of drug-likeness (QED) is 0.253. The van der Waals surface area contributed by atoms with E-state index in [1.54, 1.807) is 6.92 Å². The summed E-state index contributed by atoms with van der Waals surface area (Å²) in [6, 6.07) is 0. The summed E-state index contributed by atoms with van der Waals surface area (Å²) in [5.41, 5.74) is 0. The van der Waals surface area contributed by atoms with Crippen LogP contribution in [0.2, 0.25) is 0 Å². The molecule has 58 valence electrons. The fourth-order valence-corrected chi connectivity index (χ4v) is 0.368. The average molecular weight is 164 g/mol. The van der Waals surface area contributed by atoms with E-state index in [-0.39, 0.29) is 18.9 Å². The molecule has 7 heteroatoms. The Morgan fingerprint density at radius 2 is 2.00 bits per heavy atom. The van der Waals surface area contributed by atoms with Gasteiger partial charge in [0.15, 0.2) is 6.79 Å². The van der Waals surface area contributed by atoms with Crippen LogP contribution in [0.15, 0.2) is 0 Å². The molecule has 0 heterocycles. The number of ether oxygens (including phenoxy) is 1. The third-order valence-corrected chi connectivity index (χ3v) is 0.879. The van der Waals surface area contributed by atoms with Crippen molar-refractivity contribution in [1.29, 1.82) is 0 Å². The molecule has 0 aliphatic carbocycles. The maximum absolute atomic E-state index is 9.76. The summed E-state index contributed by atoms with van der Waals surface area (Å²) in [4.78, 5) is 0. The molecule has 0 aromatic heterocycles. The summed E-state index contributed by atoms with van der Waals surface area (Å²) in [5, 5.41) is 0. The molecular formula is C3H9LiO5S. The standard InChI is InChI=1S/C3H8O5S.Li.H/c1-2-7-3-8-9(4,5)6;;/h2-3H2,1H3,(H,4,5,6);;. The summed E-state index contributed by atoms with van der Waals surface area (Å²) in [5.74, 6) is 0. The van der Waals surface area contributed by atoms with Gasteiger partial charge >= 0.3 is 29.3 Å². The second-order valence-corrected chi connectivity index (χ2v) is 2.25. The average Bonchev–Trinajstić information content (AvgIpc) is 1.63. The molecule has 5 nitrogen and oxygen atoms in total. The van der Waals surface area contributed by atoms with E-state index in [2.05, 4.69) is 8.92 Å². The predicted molar refractivity (Wildman–Crippen MR) is 36.3 cm³/mol. The molecule has 0 unspecified atom stereocenters. The van der Waals surface area contributed by atoms with Crippen LogP contribution in [-0.2, 0) is 19.3 Å². The number of hydrogen-bond donors (Lipinski definition) is 1. The van der Waals surface area contributed by atoms with E-state index in [0.29, 0.717) is 6.61 Å². The minimum atomic E-state index is -4.32. The third-order valence-electron chi connectivity index (χ3n) is 0.484. The van der Waals surface area contributed by atoms with Gasteiger partial charge in [-0.15, -0.1) is 0 Å². The zero-order valence-electron chi connectivity index (χ0n) is 4.90. The molecule has 0 fully saturated rings. The van der Waals surface area contributed by atoms with Crippen LogP contribution >= 0.6 is 0 Å². The SMILES string of the molecule is CCOCOS(=O)(=O)O.[LiH]. The Kier molecular flexibility index (Phi) is 8.04. The van der Waals surface area contributed by atoms with Gasteiger partial charge < -0.3 is 4.74 Å². The molecule has 0 aromatic carbocycles. The molecule has 0 atom stereocenters. The van der Waals surface area contributed by atoms with Crippen LogP contribution in [0.1, 0.15) is 6.92 Å². The molecule has 0 aliphatic rings. The predicted octanol–water partition coefficient (Wildman–Crippen LogP) is -0.849. The van der Waals surface area contributed by atoms with Crippen molar-refractivity contribution in [2.75, 3.05) is 13.4 Å². The Balaban J connectivity index is 0. The van der Waals surface area contributed by atoms with E-state index >= 15 is 0 Å². The van der Waals surface area contributed by atoms with Crippen LogP contribution in [0.3, 0.4) is 0 Å². The summed E-state index contributed by atoms with van der Waals surface area (Å²) >= 11 is 0. The summed E-state index contributed by atoms with van der Waals surface area (Å²) < 4.78 is 35.7. The van der Waals surface area contributed by atoms with Crippen LogP contribution < -0.4 is 0 Å². The van der Waals surface area contributed by atoms with Crippen molar-refractivity contribution >= 4 is 29.3 Å². The zero-order valence-corrected chi connectivity index (χ0v) is 5.72. The number of hydrogen-bond acceptors (Lipinski definition) is 4. The molecule has 0 saturated heterocycles. The van der Waals surface area contributed by atoms with Crippen LogP contribution in [0.4, 0.5) is 0 Å². The van der Waals surface area contributed by atoms with Gasteiger partial charge in [-0.2, -0.15) is 8.42 Å². The van der Waals surface area contributed by atoms with E-state index in [9.17, 15) is 8.42 Å². The van der Waals surface area contributed by atoms with Gasteiger partial charge in [-0.05, 0) is 6.92 Å². The van der Waals surface area contributed by atoms with Gasteiger partial charge in [-0.3, -0.25) is 4.55 Å². The molecular weight excluding hydrogens is 155 g/mol. The van der Waals surface area contributed by atoms with Gasteiger partial charge in [-0.25, -0.2) is 4.18 Å². The fourth-order valence-electron chi connectivity index (χ4n) is 0.178. The first-order valence-electron chi connectivity index (χ1n) is 2.26. The molecule has 0 radical (unpaired) electrons. The second kappa shape index (κ2) is 6.16. The van der Waals surface area contributed by atoms with Crippen molar-refractivity contribution in [2.45, 2.75) is 6.92 Å². The van der Waals surface area contributed by atoms with Crippen LogP contribution in [0.5, 0.6) is 0 Å². The van der Waals surface area contributed by atoms with Crippen molar-refractivity contribution in [3.63, 3.8) is 0 Å². The topological polar surface area (TPSA) is 72.8 Å². The van der Waals surface area contributed by atoms with E-state index in [0.717, 1.165) is 0 Å². The molecule has 0 aromatic rings. The van der Waals surface area contributed by atoms with Crippen molar-refractivity contribution in [3.05, 3.63) is 0 Å². The van der Waals surface area contributed by atoms with Crippen molar-refractivity contribution in [3.8, 4) is 0 Å². The van der Waals surface area contributed by atoms with Crippen molar-refractivity contribution < 1.29 is 21.9 Å². The fraction of sp³-hybridized carbons (Fsp3) is 1.00. The molecule has 0 amide bonds. The molecule has 10 heavy (non-hydrogen) atoms. The molecule has 0 saturated carbocycles. The molecule has 0 rings (SSSR count). The summed E-state index contributed by atoms with van der Waals surface area (Å²) in [6.07, 6.45) is 0. The van der Waals surface area contributed by atoms with Crippen molar-refractivity contribution in [2.24, 2.45) is 0 Å². The normalized spacial score (nSPS) is 10.6.